The van der Waals surface area contributed by atoms with Crippen LogP contribution in [0.5, 0.6) is 0 Å². The number of nitrogens with one attached hydrogen (secondary N) is 1. The Kier molecular flexibility index (Phi) is 2.68. The molecule has 0 aromatic carbocycles. The Morgan fingerprint density at radius 1 is 1.41 bits per heavy atom. The molecule has 0 radical (unpaired) electrons. The topological polar surface area (TPSA) is 55.6 Å². The lowest BCUT2D eigenvalue weighted by Gasteiger charge is -1.97. The monoisotopic (exact) mass is 249 g/mol. The van der Waals surface area contributed by atoms with Crippen molar-refractivity contribution in [2.24, 2.45) is 0 Å². The van der Waals surface area contributed by atoms with Gasteiger partial charge in [-0.3, -0.25) is 0 Å². The lowest BCUT2D eigenvalue weighted by atomic mass is 10.4. The molecule has 1 fully saturated rings. The Morgan fingerprint density at radius 2 is 2.24 bits per heavy atom. The van der Waals surface area contributed by atoms with Crippen molar-refractivity contribution < 1.29 is 0 Å². The zero-order valence-electron chi connectivity index (χ0n) is 9.97. The van der Waals surface area contributed by atoms with E-state index in [1.807, 2.05) is 24.6 Å². The van der Waals surface area contributed by atoms with Crippen LogP contribution in [0.15, 0.2) is 6.07 Å². The summed E-state index contributed by atoms with van der Waals surface area (Å²) in [7, 11) is 0. The van der Waals surface area contributed by atoms with Gasteiger partial charge < -0.3 is 5.32 Å². The fourth-order valence-corrected chi connectivity index (χ4v) is 2.54. The van der Waals surface area contributed by atoms with Gasteiger partial charge in [-0.1, -0.05) is 11.3 Å². The Balaban J connectivity index is 1.76. The highest BCUT2D eigenvalue weighted by molar-refractivity contribution is 7.13. The second-order valence-corrected chi connectivity index (χ2v) is 5.51. The number of aromatic nitrogens is 4. The highest BCUT2D eigenvalue weighted by Gasteiger charge is 2.21. The predicted octanol–water partition coefficient (Wildman–Crippen LogP) is 1.59. The fourth-order valence-electron chi connectivity index (χ4n) is 1.74. The van der Waals surface area contributed by atoms with Crippen LogP contribution in [-0.2, 0) is 6.54 Å². The molecule has 5 nitrogen and oxygen atoms in total. The van der Waals surface area contributed by atoms with Gasteiger partial charge in [0.05, 0.1) is 12.2 Å². The number of aryl methyl sites for hydroxylation is 2. The molecule has 0 atom stereocenters. The fraction of sp³-hybridized carbons (Fsp3) is 0.545. The highest BCUT2D eigenvalue weighted by Crippen LogP contribution is 2.21. The number of rotatable bonds is 4. The summed E-state index contributed by atoms with van der Waals surface area (Å²) >= 11 is 1.60. The third-order valence-electron chi connectivity index (χ3n) is 2.77. The van der Waals surface area contributed by atoms with E-state index in [4.69, 9.17) is 0 Å². The average Bonchev–Trinajstić information content (AvgIpc) is 2.90. The van der Waals surface area contributed by atoms with Crippen LogP contribution in [0, 0.1) is 13.8 Å². The zero-order valence-corrected chi connectivity index (χ0v) is 10.8. The van der Waals surface area contributed by atoms with Crippen molar-refractivity contribution in [1.29, 1.82) is 0 Å². The van der Waals surface area contributed by atoms with Crippen LogP contribution in [-0.4, -0.2) is 26.0 Å². The van der Waals surface area contributed by atoms with Crippen molar-refractivity contribution in [2.75, 3.05) is 0 Å². The molecule has 2 aromatic heterocycles. The molecule has 0 amide bonds. The molecule has 90 valence electrons. The first-order valence-electron chi connectivity index (χ1n) is 5.82. The Labute approximate surface area is 104 Å². The first-order chi connectivity index (χ1) is 8.22. The summed E-state index contributed by atoms with van der Waals surface area (Å²) in [6.07, 6.45) is 2.59. The van der Waals surface area contributed by atoms with Crippen LogP contribution in [0.3, 0.4) is 0 Å². The molecular formula is C11H15N5S. The van der Waals surface area contributed by atoms with Gasteiger partial charge in [-0.05, 0) is 32.8 Å². The van der Waals surface area contributed by atoms with E-state index in [2.05, 4.69) is 20.6 Å². The number of nitrogens with zero attached hydrogens (tertiary/aromatic N) is 4. The van der Waals surface area contributed by atoms with Gasteiger partial charge in [0, 0.05) is 11.7 Å². The first-order valence-corrected chi connectivity index (χ1v) is 6.63. The molecule has 17 heavy (non-hydrogen) atoms. The molecule has 1 saturated carbocycles. The summed E-state index contributed by atoms with van der Waals surface area (Å²) in [5, 5.41) is 18.1. The molecule has 6 heteroatoms. The largest absolute Gasteiger partial charge is 0.308 e. The number of hydrogen-bond donors (Lipinski definition) is 1. The van der Waals surface area contributed by atoms with Crippen molar-refractivity contribution in [1.82, 2.24) is 25.3 Å². The van der Waals surface area contributed by atoms with Crippen molar-refractivity contribution in [3.63, 3.8) is 0 Å². The minimum Gasteiger partial charge on any atom is -0.308 e. The molecule has 3 rings (SSSR count). The second kappa shape index (κ2) is 4.19. The standard InChI is InChI=1S/C11H15N5S/c1-7-5-8(2)16(15-7)11-14-13-10(17-11)6-12-9-3-4-9/h5,9,12H,3-4,6H2,1-2H3. The van der Waals surface area contributed by atoms with Gasteiger partial charge in [0.25, 0.3) is 0 Å². The third kappa shape index (κ3) is 2.37. The minimum absolute atomic E-state index is 0.705. The number of hydrogen-bond acceptors (Lipinski definition) is 5. The molecule has 1 aliphatic rings. The molecule has 2 aromatic rings. The van der Waals surface area contributed by atoms with Crippen LogP contribution in [0.4, 0.5) is 0 Å². The van der Waals surface area contributed by atoms with E-state index in [0.29, 0.717) is 6.04 Å². The van der Waals surface area contributed by atoms with Gasteiger partial charge in [0.1, 0.15) is 5.01 Å². The van der Waals surface area contributed by atoms with E-state index in [9.17, 15) is 0 Å². The van der Waals surface area contributed by atoms with Crippen LogP contribution >= 0.6 is 11.3 Å². The smallest absolute Gasteiger partial charge is 0.233 e. The van der Waals surface area contributed by atoms with Crippen LogP contribution in [0.25, 0.3) is 5.13 Å². The Hall–Kier alpha value is -1.27. The molecular weight excluding hydrogens is 234 g/mol. The lowest BCUT2D eigenvalue weighted by molar-refractivity contribution is 0.678. The molecule has 0 aliphatic heterocycles. The molecule has 0 bridgehead atoms. The van der Waals surface area contributed by atoms with E-state index >= 15 is 0 Å². The summed E-state index contributed by atoms with van der Waals surface area (Å²) in [5.74, 6) is 0. The van der Waals surface area contributed by atoms with Gasteiger partial charge in [-0.2, -0.15) is 5.10 Å². The predicted molar refractivity (Wildman–Crippen MR) is 66.4 cm³/mol. The van der Waals surface area contributed by atoms with E-state index in [-0.39, 0.29) is 0 Å². The van der Waals surface area contributed by atoms with E-state index in [1.165, 1.54) is 12.8 Å². The molecule has 2 heterocycles. The maximum Gasteiger partial charge on any atom is 0.233 e. The maximum absolute atomic E-state index is 4.41. The first kappa shape index (κ1) is 10.9. The molecule has 0 saturated heterocycles. The molecule has 0 spiro atoms. The molecule has 1 N–H and O–H groups in total. The zero-order chi connectivity index (χ0) is 11.8. The van der Waals surface area contributed by atoms with Gasteiger partial charge in [-0.25, -0.2) is 4.68 Å². The van der Waals surface area contributed by atoms with E-state index in [0.717, 1.165) is 28.1 Å². The van der Waals surface area contributed by atoms with Gasteiger partial charge in [0.15, 0.2) is 0 Å². The van der Waals surface area contributed by atoms with Crippen molar-refractivity contribution in [3.05, 3.63) is 22.5 Å². The maximum atomic E-state index is 4.41. The molecule has 0 unspecified atom stereocenters. The third-order valence-corrected chi connectivity index (χ3v) is 3.67. The second-order valence-electron chi connectivity index (χ2n) is 4.47. The summed E-state index contributed by atoms with van der Waals surface area (Å²) < 4.78 is 1.85. The summed E-state index contributed by atoms with van der Waals surface area (Å²) in [5.41, 5.74) is 2.11. The van der Waals surface area contributed by atoms with Crippen LogP contribution in [0.1, 0.15) is 29.2 Å². The summed E-state index contributed by atoms with van der Waals surface area (Å²) in [4.78, 5) is 0. The van der Waals surface area contributed by atoms with Crippen LogP contribution in [0.2, 0.25) is 0 Å². The minimum atomic E-state index is 0.705. The lowest BCUT2D eigenvalue weighted by Crippen LogP contribution is -2.14. The highest BCUT2D eigenvalue weighted by atomic mass is 32.1. The van der Waals surface area contributed by atoms with Crippen molar-refractivity contribution >= 4 is 11.3 Å². The molecule has 1 aliphatic carbocycles. The van der Waals surface area contributed by atoms with Crippen molar-refractivity contribution in [2.45, 2.75) is 39.3 Å². The normalized spacial score (nSPS) is 15.4. The average molecular weight is 249 g/mol. The summed E-state index contributed by atoms with van der Waals surface area (Å²) in [6.45, 7) is 4.84. The summed E-state index contributed by atoms with van der Waals surface area (Å²) in [6, 6.07) is 2.75. The quantitative estimate of drug-likeness (QED) is 0.894. The Bertz CT molecular complexity index is 526. The van der Waals surface area contributed by atoms with E-state index in [1.54, 1.807) is 11.3 Å². The van der Waals surface area contributed by atoms with Gasteiger partial charge in [-0.15, -0.1) is 10.2 Å². The SMILES string of the molecule is Cc1cc(C)n(-c2nnc(CNC3CC3)s2)n1. The van der Waals surface area contributed by atoms with Gasteiger partial charge >= 0.3 is 0 Å². The van der Waals surface area contributed by atoms with E-state index < -0.39 is 0 Å². The van der Waals surface area contributed by atoms with Gasteiger partial charge in [0.2, 0.25) is 5.13 Å². The van der Waals surface area contributed by atoms with Crippen LogP contribution < -0.4 is 5.32 Å². The van der Waals surface area contributed by atoms with Crippen molar-refractivity contribution in [3.8, 4) is 5.13 Å². The Morgan fingerprint density at radius 3 is 2.88 bits per heavy atom.